The lowest BCUT2D eigenvalue weighted by Gasteiger charge is -2.09. The molecule has 0 aliphatic heterocycles. The number of carbonyl (C=O) groups is 2. The summed E-state index contributed by atoms with van der Waals surface area (Å²) in [5.74, 6) is 1.24. The quantitative estimate of drug-likeness (QED) is 0.693. The van der Waals surface area contributed by atoms with Gasteiger partial charge in [0.15, 0.2) is 5.78 Å². The monoisotopic (exact) mass is 349 g/mol. The lowest BCUT2D eigenvalue weighted by atomic mass is 10.2. The van der Waals surface area contributed by atoms with Crippen molar-refractivity contribution in [2.75, 3.05) is 5.32 Å². The summed E-state index contributed by atoms with van der Waals surface area (Å²) in [6.07, 6.45) is 5.10. The maximum Gasteiger partial charge on any atom is 0.320 e. The minimum Gasteiger partial charge on any atom is -0.334 e. The molecular weight excluding hydrogens is 330 g/mol. The predicted octanol–water partition coefficient (Wildman–Crippen LogP) is 3.10. The van der Waals surface area contributed by atoms with Crippen LogP contribution in [0.25, 0.3) is 5.69 Å². The zero-order valence-electron chi connectivity index (χ0n) is 14.6. The van der Waals surface area contributed by atoms with E-state index < -0.39 is 0 Å². The van der Waals surface area contributed by atoms with Crippen LogP contribution in [0.15, 0.2) is 55.0 Å². The molecule has 3 aromatic rings. The molecule has 1 aromatic carbocycles. The SMILES string of the molecule is CC(=O)c1ccc(NC(=O)NCc2ccc(-n3ccnc3C)cc2)nc1. The Hall–Kier alpha value is -3.48. The van der Waals surface area contributed by atoms with Gasteiger partial charge in [-0.1, -0.05) is 12.1 Å². The highest BCUT2D eigenvalue weighted by Crippen LogP contribution is 2.12. The number of imidazole rings is 1. The molecule has 0 saturated heterocycles. The molecule has 0 saturated carbocycles. The number of urea groups is 1. The summed E-state index contributed by atoms with van der Waals surface area (Å²) >= 11 is 0. The molecule has 132 valence electrons. The minimum atomic E-state index is -0.359. The maximum absolute atomic E-state index is 12.0. The van der Waals surface area contributed by atoms with Crippen LogP contribution in [0.1, 0.15) is 28.7 Å². The van der Waals surface area contributed by atoms with Crippen molar-refractivity contribution in [3.8, 4) is 5.69 Å². The van der Waals surface area contributed by atoms with Crippen molar-refractivity contribution in [3.05, 3.63) is 71.9 Å². The molecule has 2 amide bonds. The predicted molar refractivity (Wildman–Crippen MR) is 98.4 cm³/mol. The summed E-state index contributed by atoms with van der Waals surface area (Å²) in [6, 6.07) is 10.7. The second kappa shape index (κ2) is 7.60. The van der Waals surface area contributed by atoms with Gasteiger partial charge in [0.2, 0.25) is 0 Å². The van der Waals surface area contributed by atoms with E-state index in [9.17, 15) is 9.59 Å². The molecule has 0 radical (unpaired) electrons. The van der Waals surface area contributed by atoms with E-state index in [1.54, 1.807) is 18.3 Å². The Bertz CT molecular complexity index is 914. The molecular formula is C19H19N5O2. The molecule has 0 unspecified atom stereocenters. The van der Waals surface area contributed by atoms with Gasteiger partial charge in [0, 0.05) is 36.4 Å². The fourth-order valence-electron chi connectivity index (χ4n) is 2.44. The number of aryl methyl sites for hydroxylation is 1. The van der Waals surface area contributed by atoms with Gasteiger partial charge in [-0.25, -0.2) is 14.8 Å². The molecule has 0 atom stereocenters. The van der Waals surface area contributed by atoms with E-state index in [1.807, 2.05) is 42.0 Å². The van der Waals surface area contributed by atoms with E-state index in [0.717, 1.165) is 17.1 Å². The Morgan fingerprint density at radius 1 is 1.08 bits per heavy atom. The number of rotatable bonds is 5. The maximum atomic E-state index is 12.0. The molecule has 7 heteroatoms. The van der Waals surface area contributed by atoms with Crippen LogP contribution < -0.4 is 10.6 Å². The van der Waals surface area contributed by atoms with E-state index in [4.69, 9.17) is 0 Å². The number of amides is 2. The number of carbonyl (C=O) groups excluding carboxylic acids is 2. The Balaban J connectivity index is 1.54. The van der Waals surface area contributed by atoms with Gasteiger partial charge in [0.1, 0.15) is 11.6 Å². The van der Waals surface area contributed by atoms with Gasteiger partial charge in [0.25, 0.3) is 0 Å². The van der Waals surface area contributed by atoms with Gasteiger partial charge in [-0.2, -0.15) is 0 Å². The standard InChI is InChI=1S/C19H19N5O2/c1-13(25)16-5-8-18(21-12-16)23-19(26)22-11-15-3-6-17(7-4-15)24-10-9-20-14(24)2/h3-10,12H,11H2,1-2H3,(H2,21,22,23,26). The van der Waals surface area contributed by atoms with E-state index in [1.165, 1.54) is 13.1 Å². The van der Waals surface area contributed by atoms with Crippen LogP contribution in [0.4, 0.5) is 10.6 Å². The van der Waals surface area contributed by atoms with Crippen molar-refractivity contribution < 1.29 is 9.59 Å². The van der Waals surface area contributed by atoms with E-state index in [-0.39, 0.29) is 11.8 Å². The molecule has 0 aliphatic carbocycles. The number of Topliss-reactive ketones (excluding diaryl/α,β-unsaturated/α-hetero) is 1. The first-order valence-electron chi connectivity index (χ1n) is 8.14. The molecule has 0 aliphatic rings. The van der Waals surface area contributed by atoms with Crippen molar-refractivity contribution in [2.45, 2.75) is 20.4 Å². The first-order chi connectivity index (χ1) is 12.5. The van der Waals surface area contributed by atoms with Crippen LogP contribution in [0.3, 0.4) is 0 Å². The van der Waals surface area contributed by atoms with Crippen molar-refractivity contribution >= 4 is 17.6 Å². The fraction of sp³-hybridized carbons (Fsp3) is 0.158. The van der Waals surface area contributed by atoms with E-state index in [0.29, 0.717) is 17.9 Å². The number of hydrogen-bond donors (Lipinski definition) is 2. The van der Waals surface area contributed by atoms with Crippen molar-refractivity contribution in [3.63, 3.8) is 0 Å². The van der Waals surface area contributed by atoms with Gasteiger partial charge in [-0.05, 0) is 43.7 Å². The highest BCUT2D eigenvalue weighted by atomic mass is 16.2. The summed E-state index contributed by atoms with van der Waals surface area (Å²) in [5.41, 5.74) is 2.49. The third-order valence-corrected chi connectivity index (χ3v) is 3.90. The number of aromatic nitrogens is 3. The average Bonchev–Trinajstić information content (AvgIpc) is 3.07. The third kappa shape index (κ3) is 4.13. The average molecular weight is 349 g/mol. The number of pyridine rings is 1. The van der Waals surface area contributed by atoms with Gasteiger partial charge in [0.05, 0.1) is 0 Å². The molecule has 0 fully saturated rings. The highest BCUT2D eigenvalue weighted by molar-refractivity contribution is 5.94. The van der Waals surface area contributed by atoms with Crippen LogP contribution in [0.2, 0.25) is 0 Å². The van der Waals surface area contributed by atoms with Crippen LogP contribution in [-0.4, -0.2) is 26.3 Å². The number of nitrogens with zero attached hydrogens (tertiary/aromatic N) is 3. The van der Waals surface area contributed by atoms with Crippen molar-refractivity contribution in [1.82, 2.24) is 19.9 Å². The Kier molecular flexibility index (Phi) is 5.07. The highest BCUT2D eigenvalue weighted by Gasteiger charge is 2.05. The van der Waals surface area contributed by atoms with Crippen molar-refractivity contribution in [1.29, 1.82) is 0 Å². The number of ketones is 1. The molecule has 7 nitrogen and oxygen atoms in total. The van der Waals surface area contributed by atoms with Gasteiger partial charge < -0.3 is 9.88 Å². The molecule has 26 heavy (non-hydrogen) atoms. The van der Waals surface area contributed by atoms with Gasteiger partial charge >= 0.3 is 6.03 Å². The largest absolute Gasteiger partial charge is 0.334 e. The van der Waals surface area contributed by atoms with Gasteiger partial charge in [-0.3, -0.25) is 10.1 Å². The van der Waals surface area contributed by atoms with Crippen LogP contribution in [-0.2, 0) is 6.54 Å². The summed E-state index contributed by atoms with van der Waals surface area (Å²) in [5, 5.41) is 5.41. The lowest BCUT2D eigenvalue weighted by Crippen LogP contribution is -2.28. The molecule has 3 rings (SSSR count). The minimum absolute atomic E-state index is 0.0668. The summed E-state index contributed by atoms with van der Waals surface area (Å²) in [6.45, 7) is 3.80. The molecule has 0 spiro atoms. The van der Waals surface area contributed by atoms with E-state index in [2.05, 4.69) is 20.6 Å². The summed E-state index contributed by atoms with van der Waals surface area (Å²) < 4.78 is 1.99. The Labute approximate surface area is 151 Å². The topological polar surface area (TPSA) is 88.9 Å². The summed E-state index contributed by atoms with van der Waals surface area (Å²) in [7, 11) is 0. The van der Waals surface area contributed by atoms with Crippen LogP contribution in [0.5, 0.6) is 0 Å². The smallest absolute Gasteiger partial charge is 0.320 e. The molecule has 2 N–H and O–H groups in total. The third-order valence-electron chi connectivity index (χ3n) is 3.90. The Morgan fingerprint density at radius 2 is 1.85 bits per heavy atom. The lowest BCUT2D eigenvalue weighted by molar-refractivity contribution is 0.101. The van der Waals surface area contributed by atoms with E-state index >= 15 is 0 Å². The number of hydrogen-bond acceptors (Lipinski definition) is 4. The first-order valence-corrected chi connectivity index (χ1v) is 8.14. The first kappa shape index (κ1) is 17.3. The van der Waals surface area contributed by atoms with Crippen LogP contribution >= 0.6 is 0 Å². The molecule has 0 bridgehead atoms. The normalized spacial score (nSPS) is 10.4. The number of anilines is 1. The van der Waals surface area contributed by atoms with Crippen molar-refractivity contribution in [2.24, 2.45) is 0 Å². The zero-order chi connectivity index (χ0) is 18.5. The number of nitrogens with one attached hydrogen (secondary N) is 2. The number of benzene rings is 1. The summed E-state index contributed by atoms with van der Waals surface area (Å²) in [4.78, 5) is 31.4. The fourth-order valence-corrected chi connectivity index (χ4v) is 2.44. The second-order valence-electron chi connectivity index (χ2n) is 5.81. The molecule has 2 aromatic heterocycles. The molecule has 2 heterocycles. The van der Waals surface area contributed by atoms with Crippen LogP contribution in [0, 0.1) is 6.92 Å². The zero-order valence-corrected chi connectivity index (χ0v) is 14.6. The second-order valence-corrected chi connectivity index (χ2v) is 5.81. The van der Waals surface area contributed by atoms with Gasteiger partial charge in [-0.15, -0.1) is 0 Å². The Morgan fingerprint density at radius 3 is 2.42 bits per heavy atom.